The maximum atomic E-state index is 12.8. The van der Waals surface area contributed by atoms with Gasteiger partial charge < -0.3 is 15.4 Å². The Kier molecular flexibility index (Phi) is 6.87. The molecule has 1 aliphatic carbocycles. The Morgan fingerprint density at radius 1 is 1.00 bits per heavy atom. The summed E-state index contributed by atoms with van der Waals surface area (Å²) in [6, 6.07) is 16.3. The Hall–Kier alpha value is -3.15. The summed E-state index contributed by atoms with van der Waals surface area (Å²) in [5, 5.41) is 5.52. The smallest absolute Gasteiger partial charge is 0.317 e. The van der Waals surface area contributed by atoms with Crippen molar-refractivity contribution in [2.24, 2.45) is 5.92 Å². The molecule has 1 aliphatic rings. The number of ether oxygens (including phenoxy) is 1. The van der Waals surface area contributed by atoms with Crippen molar-refractivity contribution in [3.05, 3.63) is 65.7 Å². The number of rotatable bonds is 8. The number of amides is 2. The molecule has 0 radical (unpaired) electrons. The maximum absolute atomic E-state index is 12.8. The highest BCUT2D eigenvalue weighted by atomic mass is 16.5. The summed E-state index contributed by atoms with van der Waals surface area (Å²) in [6.07, 6.45) is 2.39. The number of anilines is 1. The normalized spacial score (nSPS) is 14.5. The van der Waals surface area contributed by atoms with E-state index in [9.17, 15) is 14.4 Å². The van der Waals surface area contributed by atoms with Gasteiger partial charge in [0, 0.05) is 6.54 Å². The van der Waals surface area contributed by atoms with Crippen LogP contribution < -0.4 is 10.6 Å². The van der Waals surface area contributed by atoms with Crippen molar-refractivity contribution in [1.82, 2.24) is 5.32 Å². The van der Waals surface area contributed by atoms with Gasteiger partial charge in [0.2, 0.25) is 0 Å². The molecule has 1 saturated carbocycles. The van der Waals surface area contributed by atoms with E-state index >= 15 is 0 Å². The van der Waals surface area contributed by atoms with Crippen LogP contribution in [0.3, 0.4) is 0 Å². The first-order valence-electron chi connectivity index (χ1n) is 10.3. The summed E-state index contributed by atoms with van der Waals surface area (Å²) in [7, 11) is 0. The maximum Gasteiger partial charge on any atom is 0.317 e. The minimum Gasteiger partial charge on any atom is -0.455 e. The third kappa shape index (κ3) is 4.87. The molecule has 2 N–H and O–H groups in total. The second-order valence-corrected chi connectivity index (χ2v) is 8.08. The standard InChI is InChI=1S/C24H28N2O4/c1-17(2)15-25-22(28)19-11-6-7-12-20(19)26-21(27)16-30-23(29)24(13-8-14-24)18-9-4-3-5-10-18/h3-7,9-12,17H,8,13-16H2,1-2H3,(H,25,28)(H,26,27). The first-order chi connectivity index (χ1) is 14.4. The zero-order valence-electron chi connectivity index (χ0n) is 17.4. The van der Waals surface area contributed by atoms with Crippen LogP contribution in [0, 0.1) is 5.92 Å². The first kappa shape index (κ1) is 21.6. The second-order valence-electron chi connectivity index (χ2n) is 8.08. The van der Waals surface area contributed by atoms with Crippen molar-refractivity contribution in [3.8, 4) is 0 Å². The Morgan fingerprint density at radius 2 is 1.67 bits per heavy atom. The van der Waals surface area contributed by atoms with E-state index in [4.69, 9.17) is 4.74 Å². The molecule has 6 nitrogen and oxygen atoms in total. The quantitative estimate of drug-likeness (QED) is 0.653. The van der Waals surface area contributed by atoms with Gasteiger partial charge in [-0.05, 0) is 36.5 Å². The molecule has 0 aromatic heterocycles. The summed E-state index contributed by atoms with van der Waals surface area (Å²) in [5.74, 6) is -0.791. The van der Waals surface area contributed by atoms with E-state index in [1.54, 1.807) is 24.3 Å². The fourth-order valence-corrected chi connectivity index (χ4v) is 3.54. The molecule has 0 atom stereocenters. The molecule has 30 heavy (non-hydrogen) atoms. The van der Waals surface area contributed by atoms with E-state index < -0.39 is 17.9 Å². The molecule has 2 amide bonds. The van der Waals surface area contributed by atoms with Crippen LogP contribution in [-0.2, 0) is 19.7 Å². The highest BCUT2D eigenvalue weighted by Crippen LogP contribution is 2.44. The molecule has 2 aromatic rings. The van der Waals surface area contributed by atoms with Gasteiger partial charge in [-0.3, -0.25) is 14.4 Å². The average Bonchev–Trinajstić information content (AvgIpc) is 2.71. The third-order valence-corrected chi connectivity index (χ3v) is 5.38. The van der Waals surface area contributed by atoms with Gasteiger partial charge in [-0.25, -0.2) is 0 Å². The zero-order chi connectivity index (χ0) is 21.6. The summed E-state index contributed by atoms with van der Waals surface area (Å²) in [6.45, 7) is 4.16. The second kappa shape index (κ2) is 9.57. The lowest BCUT2D eigenvalue weighted by molar-refractivity contribution is -0.156. The van der Waals surface area contributed by atoms with Crippen molar-refractivity contribution in [2.45, 2.75) is 38.5 Å². The van der Waals surface area contributed by atoms with E-state index in [1.165, 1.54) is 0 Å². The minimum atomic E-state index is -0.657. The molecule has 0 spiro atoms. The molecule has 0 aliphatic heterocycles. The molecule has 6 heteroatoms. The van der Waals surface area contributed by atoms with Crippen LogP contribution in [0.5, 0.6) is 0 Å². The van der Waals surface area contributed by atoms with Crippen LogP contribution in [0.25, 0.3) is 0 Å². The molecular weight excluding hydrogens is 380 g/mol. The van der Waals surface area contributed by atoms with Gasteiger partial charge in [0.25, 0.3) is 11.8 Å². The third-order valence-electron chi connectivity index (χ3n) is 5.38. The monoisotopic (exact) mass is 408 g/mol. The highest BCUT2D eigenvalue weighted by molar-refractivity contribution is 6.04. The fraction of sp³-hybridized carbons (Fsp3) is 0.375. The average molecular weight is 408 g/mol. The predicted molar refractivity (Wildman–Crippen MR) is 115 cm³/mol. The lowest BCUT2D eigenvalue weighted by Gasteiger charge is -2.39. The van der Waals surface area contributed by atoms with E-state index in [0.717, 1.165) is 24.8 Å². The predicted octanol–water partition coefficient (Wildman–Crippen LogP) is 3.68. The van der Waals surface area contributed by atoms with Gasteiger partial charge in [-0.2, -0.15) is 0 Å². The summed E-state index contributed by atoms with van der Waals surface area (Å²) >= 11 is 0. The molecule has 1 fully saturated rings. The fourth-order valence-electron chi connectivity index (χ4n) is 3.54. The summed E-state index contributed by atoms with van der Waals surface area (Å²) in [5.41, 5.74) is 1.03. The van der Waals surface area contributed by atoms with Gasteiger partial charge in [0.05, 0.1) is 16.7 Å². The summed E-state index contributed by atoms with van der Waals surface area (Å²) in [4.78, 5) is 37.6. The number of esters is 1. The number of hydrogen-bond acceptors (Lipinski definition) is 4. The zero-order valence-corrected chi connectivity index (χ0v) is 17.4. The van der Waals surface area contributed by atoms with E-state index in [0.29, 0.717) is 23.7 Å². The number of para-hydroxylation sites is 1. The van der Waals surface area contributed by atoms with Crippen LogP contribution in [-0.4, -0.2) is 30.9 Å². The molecule has 0 unspecified atom stereocenters. The van der Waals surface area contributed by atoms with Crippen molar-refractivity contribution in [2.75, 3.05) is 18.5 Å². The molecular formula is C24H28N2O4. The molecule has 0 bridgehead atoms. The van der Waals surface area contributed by atoms with Crippen LogP contribution in [0.4, 0.5) is 5.69 Å². The summed E-state index contributed by atoms with van der Waals surface area (Å²) < 4.78 is 5.37. The Balaban J connectivity index is 1.60. The van der Waals surface area contributed by atoms with Crippen LogP contribution in [0.2, 0.25) is 0 Å². The topological polar surface area (TPSA) is 84.5 Å². The van der Waals surface area contributed by atoms with E-state index in [-0.39, 0.29) is 11.9 Å². The van der Waals surface area contributed by atoms with Crippen molar-refractivity contribution in [3.63, 3.8) is 0 Å². The number of nitrogens with one attached hydrogen (secondary N) is 2. The van der Waals surface area contributed by atoms with Gasteiger partial charge in [-0.1, -0.05) is 62.7 Å². The molecule has 158 valence electrons. The number of benzene rings is 2. The van der Waals surface area contributed by atoms with Crippen LogP contribution in [0.15, 0.2) is 54.6 Å². The molecule has 0 heterocycles. The van der Waals surface area contributed by atoms with E-state index in [2.05, 4.69) is 10.6 Å². The largest absolute Gasteiger partial charge is 0.455 e. The lowest BCUT2D eigenvalue weighted by Crippen LogP contribution is -2.44. The van der Waals surface area contributed by atoms with Gasteiger partial charge >= 0.3 is 5.97 Å². The number of carbonyl (C=O) groups is 3. The van der Waals surface area contributed by atoms with Crippen molar-refractivity contribution < 1.29 is 19.1 Å². The van der Waals surface area contributed by atoms with Crippen LogP contribution in [0.1, 0.15) is 49.0 Å². The van der Waals surface area contributed by atoms with Crippen molar-refractivity contribution >= 4 is 23.5 Å². The molecule has 0 saturated heterocycles. The Morgan fingerprint density at radius 3 is 2.30 bits per heavy atom. The van der Waals surface area contributed by atoms with Crippen LogP contribution >= 0.6 is 0 Å². The van der Waals surface area contributed by atoms with Crippen molar-refractivity contribution in [1.29, 1.82) is 0 Å². The number of hydrogen-bond donors (Lipinski definition) is 2. The highest BCUT2D eigenvalue weighted by Gasteiger charge is 2.47. The Labute approximate surface area is 177 Å². The number of carbonyl (C=O) groups excluding carboxylic acids is 3. The first-order valence-corrected chi connectivity index (χ1v) is 10.3. The minimum absolute atomic E-state index is 0.255. The SMILES string of the molecule is CC(C)CNC(=O)c1ccccc1NC(=O)COC(=O)C1(c2ccccc2)CCC1. The van der Waals surface area contributed by atoms with Gasteiger partial charge in [-0.15, -0.1) is 0 Å². The molecule has 3 rings (SSSR count). The molecule has 2 aromatic carbocycles. The lowest BCUT2D eigenvalue weighted by atomic mass is 9.64. The van der Waals surface area contributed by atoms with Gasteiger partial charge in [0.15, 0.2) is 6.61 Å². The van der Waals surface area contributed by atoms with Gasteiger partial charge in [0.1, 0.15) is 0 Å². The Bertz CT molecular complexity index is 904. The van der Waals surface area contributed by atoms with E-state index in [1.807, 2.05) is 44.2 Å².